The Morgan fingerprint density at radius 2 is 1.53 bits per heavy atom. The lowest BCUT2D eigenvalue weighted by Crippen LogP contribution is -2.71. The summed E-state index contributed by atoms with van der Waals surface area (Å²) in [7, 11) is 0. The van der Waals surface area contributed by atoms with Crippen molar-refractivity contribution in [1.29, 1.82) is 0 Å². The van der Waals surface area contributed by atoms with E-state index >= 15 is 0 Å². The van der Waals surface area contributed by atoms with Crippen molar-refractivity contribution in [3.63, 3.8) is 0 Å². The number of rotatable bonds is 2. The fourth-order valence-electron chi connectivity index (χ4n) is 2.38. The second kappa shape index (κ2) is 4.00. The van der Waals surface area contributed by atoms with Gasteiger partial charge in [0.2, 0.25) is 11.8 Å². The van der Waals surface area contributed by atoms with Crippen molar-refractivity contribution in [2.24, 2.45) is 17.6 Å². The van der Waals surface area contributed by atoms with Crippen molar-refractivity contribution in [3.05, 3.63) is 0 Å². The summed E-state index contributed by atoms with van der Waals surface area (Å²) in [5.74, 6) is -5.81. The number of carbonyl (C=O) groups is 1. The molecule has 0 bridgehead atoms. The Morgan fingerprint density at radius 3 is 1.84 bits per heavy atom. The van der Waals surface area contributed by atoms with Gasteiger partial charge in [-0.3, -0.25) is 4.79 Å². The number of nitrogens with two attached hydrogens (primary N) is 1. The lowest BCUT2D eigenvalue weighted by molar-refractivity contribution is -0.279. The summed E-state index contributed by atoms with van der Waals surface area (Å²) >= 11 is 0. The predicted octanol–water partition coefficient (Wildman–Crippen LogP) is 1.68. The summed E-state index contributed by atoms with van der Waals surface area (Å²) in [6.07, 6.45) is -9.66. The Bertz CT molecular complexity index is 366. The van der Waals surface area contributed by atoms with Gasteiger partial charge < -0.3 is 10.6 Å². The van der Waals surface area contributed by atoms with Crippen LogP contribution < -0.4 is 5.73 Å². The average Bonchev–Trinajstić information content (AvgIpc) is 2.90. The van der Waals surface area contributed by atoms with Crippen molar-refractivity contribution >= 4 is 5.91 Å². The molecular weight excluding hydrogens is 278 g/mol. The maximum atomic E-state index is 12.4. The van der Waals surface area contributed by atoms with E-state index in [2.05, 4.69) is 0 Å². The molecule has 19 heavy (non-hydrogen) atoms. The number of amides is 1. The molecule has 0 radical (unpaired) electrons. The molecule has 0 unspecified atom stereocenters. The summed E-state index contributed by atoms with van der Waals surface area (Å²) in [6.45, 7) is -0.474. The lowest BCUT2D eigenvalue weighted by atomic mass is 9.84. The first-order valence-electron chi connectivity index (χ1n) is 5.66. The minimum Gasteiger partial charge on any atom is -0.338 e. The quantitative estimate of drug-likeness (QED) is 0.786. The highest BCUT2D eigenvalue weighted by Gasteiger charge is 2.64. The highest BCUT2D eigenvalue weighted by Crippen LogP contribution is 2.46. The van der Waals surface area contributed by atoms with Crippen LogP contribution in [0.15, 0.2) is 0 Å². The zero-order chi connectivity index (χ0) is 14.6. The van der Waals surface area contributed by atoms with E-state index in [9.17, 15) is 31.1 Å². The second-order valence-electron chi connectivity index (χ2n) is 5.22. The van der Waals surface area contributed by atoms with Gasteiger partial charge in [0.25, 0.3) is 0 Å². The van der Waals surface area contributed by atoms with Crippen LogP contribution in [0.25, 0.3) is 0 Å². The number of nitrogens with zero attached hydrogens (tertiary/aromatic N) is 1. The Labute approximate surface area is 104 Å². The van der Waals surface area contributed by atoms with Crippen LogP contribution >= 0.6 is 0 Å². The summed E-state index contributed by atoms with van der Waals surface area (Å²) in [4.78, 5) is 11.9. The van der Waals surface area contributed by atoms with Gasteiger partial charge in [-0.2, -0.15) is 26.3 Å². The van der Waals surface area contributed by atoms with Gasteiger partial charge in [0, 0.05) is 13.1 Å². The number of hydrogen-bond donors (Lipinski definition) is 1. The molecule has 0 spiro atoms. The molecule has 0 aromatic rings. The molecular formula is C10H12F6N2O. The summed E-state index contributed by atoms with van der Waals surface area (Å²) < 4.78 is 74.1. The second-order valence-corrected chi connectivity index (χ2v) is 5.22. The van der Waals surface area contributed by atoms with Crippen LogP contribution in [-0.4, -0.2) is 41.8 Å². The molecule has 0 aromatic heterocycles. The molecule has 2 N–H and O–H groups in total. The molecule has 1 amide bonds. The van der Waals surface area contributed by atoms with Crippen LogP contribution in [0, 0.1) is 11.8 Å². The number of alkyl halides is 6. The normalized spacial score (nSPS) is 23.5. The first-order chi connectivity index (χ1) is 8.45. The van der Waals surface area contributed by atoms with Gasteiger partial charge in [0.05, 0.1) is 5.54 Å². The minimum atomic E-state index is -5.64. The van der Waals surface area contributed by atoms with E-state index < -0.39 is 29.7 Å². The maximum Gasteiger partial charge on any atom is 0.409 e. The van der Waals surface area contributed by atoms with E-state index in [1.807, 2.05) is 0 Å². The van der Waals surface area contributed by atoms with Gasteiger partial charge in [-0.05, 0) is 18.8 Å². The number of halogens is 6. The third-order valence-corrected chi connectivity index (χ3v) is 3.57. The molecule has 0 atom stereocenters. The zero-order valence-electron chi connectivity index (χ0n) is 9.68. The average molecular weight is 290 g/mol. The van der Waals surface area contributed by atoms with Crippen LogP contribution in [0.2, 0.25) is 0 Å². The monoisotopic (exact) mass is 290 g/mol. The molecule has 110 valence electrons. The van der Waals surface area contributed by atoms with Crippen LogP contribution in [0.4, 0.5) is 26.3 Å². The SMILES string of the molecule is NC1(C2CC2)CN(C(=O)C(C(F)(F)F)C(F)(F)F)C1. The number of carbonyl (C=O) groups excluding carboxylic acids is 1. The van der Waals surface area contributed by atoms with Crippen molar-refractivity contribution in [1.82, 2.24) is 4.90 Å². The first kappa shape index (κ1) is 14.4. The molecule has 0 aromatic carbocycles. The van der Waals surface area contributed by atoms with Gasteiger partial charge in [0.15, 0.2) is 0 Å². The molecule has 2 aliphatic rings. The van der Waals surface area contributed by atoms with Gasteiger partial charge in [-0.15, -0.1) is 0 Å². The van der Waals surface area contributed by atoms with Crippen LogP contribution in [0.1, 0.15) is 12.8 Å². The minimum absolute atomic E-state index is 0.103. The Balaban J connectivity index is 2.06. The predicted molar refractivity (Wildman–Crippen MR) is 51.8 cm³/mol. The van der Waals surface area contributed by atoms with Gasteiger partial charge in [0.1, 0.15) is 0 Å². The van der Waals surface area contributed by atoms with Gasteiger partial charge in [-0.25, -0.2) is 0 Å². The molecule has 3 nitrogen and oxygen atoms in total. The lowest BCUT2D eigenvalue weighted by Gasteiger charge is -2.49. The smallest absolute Gasteiger partial charge is 0.338 e. The molecule has 1 aliphatic heterocycles. The van der Waals surface area contributed by atoms with E-state index in [4.69, 9.17) is 5.73 Å². The number of likely N-dealkylation sites (tertiary alicyclic amines) is 1. The molecule has 1 heterocycles. The third kappa shape index (κ3) is 2.65. The van der Waals surface area contributed by atoms with E-state index in [1.54, 1.807) is 0 Å². The van der Waals surface area contributed by atoms with E-state index in [1.165, 1.54) is 0 Å². The summed E-state index contributed by atoms with van der Waals surface area (Å²) in [6, 6.07) is 0. The molecule has 2 rings (SSSR count). The van der Waals surface area contributed by atoms with E-state index in [-0.39, 0.29) is 19.0 Å². The van der Waals surface area contributed by atoms with Crippen molar-refractivity contribution in [2.45, 2.75) is 30.7 Å². The van der Waals surface area contributed by atoms with Gasteiger partial charge >= 0.3 is 12.4 Å². The molecule has 2 fully saturated rings. The first-order valence-corrected chi connectivity index (χ1v) is 5.66. The van der Waals surface area contributed by atoms with Crippen LogP contribution in [0.3, 0.4) is 0 Å². The van der Waals surface area contributed by atoms with E-state index in [0.29, 0.717) is 4.90 Å². The Morgan fingerprint density at radius 1 is 1.11 bits per heavy atom. The third-order valence-electron chi connectivity index (χ3n) is 3.57. The standard InChI is InChI=1S/C10H12F6N2O/c11-9(12,13)6(10(14,15)16)7(19)18-3-8(17,4-18)5-1-2-5/h5-6H,1-4,17H2. The zero-order valence-corrected chi connectivity index (χ0v) is 9.68. The van der Waals surface area contributed by atoms with Crippen LogP contribution in [0.5, 0.6) is 0 Å². The highest BCUT2D eigenvalue weighted by molar-refractivity contribution is 5.81. The van der Waals surface area contributed by atoms with Crippen molar-refractivity contribution < 1.29 is 31.1 Å². The topological polar surface area (TPSA) is 46.3 Å². The van der Waals surface area contributed by atoms with Crippen molar-refractivity contribution in [3.8, 4) is 0 Å². The molecule has 1 saturated carbocycles. The summed E-state index contributed by atoms with van der Waals surface area (Å²) in [5.41, 5.74) is 4.99. The Kier molecular flexibility index (Phi) is 3.04. The maximum absolute atomic E-state index is 12.4. The van der Waals surface area contributed by atoms with E-state index in [0.717, 1.165) is 12.8 Å². The van der Waals surface area contributed by atoms with Crippen molar-refractivity contribution in [2.75, 3.05) is 13.1 Å². The summed E-state index contributed by atoms with van der Waals surface area (Å²) in [5, 5.41) is 0. The fourth-order valence-corrected chi connectivity index (χ4v) is 2.38. The Hall–Kier alpha value is -0.990. The largest absolute Gasteiger partial charge is 0.409 e. The van der Waals surface area contributed by atoms with Gasteiger partial charge in [-0.1, -0.05) is 0 Å². The van der Waals surface area contributed by atoms with Crippen LogP contribution in [-0.2, 0) is 4.79 Å². The molecule has 1 saturated heterocycles. The molecule has 1 aliphatic carbocycles. The molecule has 9 heteroatoms. The highest BCUT2D eigenvalue weighted by atomic mass is 19.4. The fraction of sp³-hybridized carbons (Fsp3) is 0.900. The number of hydrogen-bond acceptors (Lipinski definition) is 2.